The lowest BCUT2D eigenvalue weighted by atomic mass is 9.80. The Bertz CT molecular complexity index is 929. The zero-order valence-corrected chi connectivity index (χ0v) is 19.3. The molecule has 3 amide bonds. The zero-order valence-electron chi connectivity index (χ0n) is 19.3. The molecule has 4 aliphatic rings. The first-order valence-electron chi connectivity index (χ1n) is 12.2. The van der Waals surface area contributed by atoms with E-state index in [9.17, 15) is 14.4 Å². The second kappa shape index (κ2) is 9.43. The Morgan fingerprint density at radius 2 is 1.97 bits per heavy atom. The Balaban J connectivity index is 1.16. The predicted molar refractivity (Wildman–Crippen MR) is 121 cm³/mol. The van der Waals surface area contributed by atoms with Gasteiger partial charge < -0.3 is 14.4 Å². The molecule has 0 bridgehead atoms. The van der Waals surface area contributed by atoms with Gasteiger partial charge in [0.05, 0.1) is 6.10 Å². The highest BCUT2D eigenvalue weighted by atomic mass is 16.5. The molecule has 33 heavy (non-hydrogen) atoms. The van der Waals surface area contributed by atoms with Crippen molar-refractivity contribution in [2.24, 2.45) is 5.92 Å². The Kier molecular flexibility index (Phi) is 6.38. The molecule has 1 unspecified atom stereocenters. The number of carbonyl (C=O) groups excluding carboxylic acids is 3. The number of benzene rings is 1. The molecule has 1 saturated carbocycles. The summed E-state index contributed by atoms with van der Waals surface area (Å²) in [6.45, 7) is 3.54. The van der Waals surface area contributed by atoms with Crippen LogP contribution in [0.25, 0.3) is 0 Å². The fourth-order valence-electron chi connectivity index (χ4n) is 5.60. The highest BCUT2D eigenvalue weighted by Gasteiger charge is 2.39. The van der Waals surface area contributed by atoms with E-state index in [0.29, 0.717) is 24.6 Å². The van der Waals surface area contributed by atoms with Crippen molar-refractivity contribution in [3.63, 3.8) is 0 Å². The zero-order chi connectivity index (χ0) is 22.9. The molecule has 1 aromatic rings. The highest BCUT2D eigenvalue weighted by molar-refractivity contribution is 6.05. The van der Waals surface area contributed by atoms with E-state index in [1.807, 2.05) is 18.2 Å². The number of nitrogens with zero attached hydrogens (tertiary/aromatic N) is 2. The molecule has 8 nitrogen and oxygen atoms in total. The maximum Gasteiger partial charge on any atom is 0.255 e. The lowest BCUT2D eigenvalue weighted by Crippen LogP contribution is -2.52. The van der Waals surface area contributed by atoms with Gasteiger partial charge in [0, 0.05) is 32.2 Å². The fourth-order valence-corrected chi connectivity index (χ4v) is 5.60. The second-order valence-corrected chi connectivity index (χ2v) is 9.89. The van der Waals surface area contributed by atoms with Crippen LogP contribution in [0.15, 0.2) is 18.2 Å². The lowest BCUT2D eigenvalue weighted by Gasteiger charge is -2.37. The standard InChI is InChI=1S/C25H33N3O5/c1-32-20-11-16(12-20)8-10-27-9-2-3-19(15-27)33-18-4-5-21-17(13-18)14-28(25(21)31)22-6-7-23(29)26-24(22)30/h4-5,13,16,19-20,22H,2-3,6-12,14-15H2,1H3,(H,26,29,30)/t16-,19-,20-,22?/m1/s1. The fraction of sp³-hybridized carbons (Fsp3) is 0.640. The number of amides is 3. The Morgan fingerprint density at radius 3 is 2.76 bits per heavy atom. The minimum atomic E-state index is -0.589. The van der Waals surface area contributed by atoms with Crippen LogP contribution in [0.5, 0.6) is 5.75 Å². The third-order valence-corrected chi connectivity index (χ3v) is 7.64. The Labute approximate surface area is 194 Å². The summed E-state index contributed by atoms with van der Waals surface area (Å²) in [6.07, 6.45) is 7.01. The first-order valence-corrected chi connectivity index (χ1v) is 12.2. The Hall–Kier alpha value is -2.45. The quantitative estimate of drug-likeness (QED) is 0.634. The van der Waals surface area contributed by atoms with Crippen molar-refractivity contribution in [1.82, 2.24) is 15.1 Å². The number of rotatable bonds is 7. The number of likely N-dealkylation sites (tertiary alicyclic amines) is 1. The topological polar surface area (TPSA) is 88.2 Å². The molecule has 2 atom stereocenters. The summed E-state index contributed by atoms with van der Waals surface area (Å²) in [5, 5.41) is 2.35. The monoisotopic (exact) mass is 455 g/mol. The summed E-state index contributed by atoms with van der Waals surface area (Å²) in [5.74, 6) is 0.759. The van der Waals surface area contributed by atoms with E-state index in [-0.39, 0.29) is 30.2 Å². The Morgan fingerprint density at radius 1 is 1.12 bits per heavy atom. The number of methoxy groups -OCH3 is 1. The molecule has 0 radical (unpaired) electrons. The molecule has 5 rings (SSSR count). The van der Waals surface area contributed by atoms with E-state index in [1.54, 1.807) is 12.0 Å². The summed E-state index contributed by atoms with van der Waals surface area (Å²) in [5.41, 5.74) is 1.50. The number of imide groups is 1. The SMILES string of the molecule is CO[C@H]1C[C@H](CCN2CCC[C@@H](Oc3ccc4c(c3)CN(C3CCC(=O)NC3=O)C4=O)C2)C1. The number of hydrogen-bond donors (Lipinski definition) is 1. The van der Waals surface area contributed by atoms with Crippen molar-refractivity contribution in [3.05, 3.63) is 29.3 Å². The average Bonchev–Trinajstić information content (AvgIpc) is 3.09. The van der Waals surface area contributed by atoms with Crippen LogP contribution in [0.1, 0.15) is 60.9 Å². The third kappa shape index (κ3) is 4.77. The average molecular weight is 456 g/mol. The van der Waals surface area contributed by atoms with Crippen molar-refractivity contribution in [2.75, 3.05) is 26.7 Å². The summed E-state index contributed by atoms with van der Waals surface area (Å²) >= 11 is 0. The molecule has 3 fully saturated rings. The van der Waals surface area contributed by atoms with Gasteiger partial charge in [-0.3, -0.25) is 24.6 Å². The normalized spacial score (nSPS) is 30.1. The van der Waals surface area contributed by atoms with E-state index in [4.69, 9.17) is 9.47 Å². The minimum Gasteiger partial charge on any atom is -0.489 e. The van der Waals surface area contributed by atoms with E-state index < -0.39 is 6.04 Å². The number of nitrogens with one attached hydrogen (secondary N) is 1. The van der Waals surface area contributed by atoms with Gasteiger partial charge in [-0.15, -0.1) is 0 Å². The molecule has 2 saturated heterocycles. The van der Waals surface area contributed by atoms with Crippen LogP contribution in [0.2, 0.25) is 0 Å². The molecule has 1 aliphatic carbocycles. The van der Waals surface area contributed by atoms with Gasteiger partial charge >= 0.3 is 0 Å². The van der Waals surface area contributed by atoms with Crippen LogP contribution in [0.3, 0.4) is 0 Å². The molecule has 1 aromatic carbocycles. The number of fused-ring (bicyclic) bond motifs is 1. The second-order valence-electron chi connectivity index (χ2n) is 9.89. The minimum absolute atomic E-state index is 0.147. The lowest BCUT2D eigenvalue weighted by molar-refractivity contribution is -0.136. The van der Waals surface area contributed by atoms with Crippen LogP contribution < -0.4 is 10.1 Å². The first-order chi connectivity index (χ1) is 16.0. The van der Waals surface area contributed by atoms with Crippen LogP contribution in [0.4, 0.5) is 0 Å². The highest BCUT2D eigenvalue weighted by Crippen LogP contribution is 2.33. The number of carbonyl (C=O) groups is 3. The van der Waals surface area contributed by atoms with E-state index in [0.717, 1.165) is 49.7 Å². The van der Waals surface area contributed by atoms with Gasteiger partial charge in [-0.2, -0.15) is 0 Å². The molecule has 8 heteroatoms. The van der Waals surface area contributed by atoms with Crippen molar-refractivity contribution >= 4 is 17.7 Å². The molecule has 0 aromatic heterocycles. The maximum absolute atomic E-state index is 12.9. The van der Waals surface area contributed by atoms with Crippen molar-refractivity contribution in [2.45, 2.75) is 69.7 Å². The van der Waals surface area contributed by atoms with Gasteiger partial charge in [0.25, 0.3) is 5.91 Å². The predicted octanol–water partition coefficient (Wildman–Crippen LogP) is 2.11. The van der Waals surface area contributed by atoms with Crippen LogP contribution in [-0.4, -0.2) is 72.5 Å². The molecule has 3 aliphatic heterocycles. The smallest absolute Gasteiger partial charge is 0.255 e. The summed E-state index contributed by atoms with van der Waals surface area (Å²) < 4.78 is 11.7. The molecule has 0 spiro atoms. The van der Waals surface area contributed by atoms with Gasteiger partial charge in [-0.05, 0) is 81.3 Å². The largest absolute Gasteiger partial charge is 0.489 e. The van der Waals surface area contributed by atoms with Gasteiger partial charge in [0.15, 0.2) is 0 Å². The molecule has 1 N–H and O–H groups in total. The number of hydrogen-bond acceptors (Lipinski definition) is 6. The van der Waals surface area contributed by atoms with E-state index in [2.05, 4.69) is 10.2 Å². The summed E-state index contributed by atoms with van der Waals surface area (Å²) in [6, 6.07) is 5.02. The van der Waals surface area contributed by atoms with Gasteiger partial charge in [0.2, 0.25) is 11.8 Å². The van der Waals surface area contributed by atoms with Crippen molar-refractivity contribution in [3.8, 4) is 5.75 Å². The van der Waals surface area contributed by atoms with Crippen LogP contribution in [0, 0.1) is 5.92 Å². The first kappa shape index (κ1) is 22.3. The summed E-state index contributed by atoms with van der Waals surface area (Å²) in [4.78, 5) is 40.6. The molecule has 178 valence electrons. The number of piperidine rings is 2. The van der Waals surface area contributed by atoms with Crippen LogP contribution in [-0.2, 0) is 20.9 Å². The van der Waals surface area contributed by atoms with Gasteiger partial charge in [-0.25, -0.2) is 0 Å². The maximum atomic E-state index is 12.9. The van der Waals surface area contributed by atoms with Crippen molar-refractivity contribution < 1.29 is 23.9 Å². The van der Waals surface area contributed by atoms with Crippen molar-refractivity contribution in [1.29, 1.82) is 0 Å². The number of ether oxygens (including phenoxy) is 2. The molecular weight excluding hydrogens is 422 g/mol. The molecular formula is C25H33N3O5. The third-order valence-electron chi connectivity index (χ3n) is 7.64. The van der Waals surface area contributed by atoms with Gasteiger partial charge in [-0.1, -0.05) is 0 Å². The van der Waals surface area contributed by atoms with Gasteiger partial charge in [0.1, 0.15) is 17.9 Å². The van der Waals surface area contributed by atoms with Crippen LogP contribution >= 0.6 is 0 Å². The summed E-state index contributed by atoms with van der Waals surface area (Å²) in [7, 11) is 1.80. The van der Waals surface area contributed by atoms with E-state index in [1.165, 1.54) is 19.3 Å². The van der Waals surface area contributed by atoms with E-state index >= 15 is 0 Å². The molecule has 3 heterocycles.